The van der Waals surface area contributed by atoms with Crippen molar-refractivity contribution < 1.29 is 36.6 Å². The molecule has 0 unspecified atom stereocenters. The van der Waals surface area contributed by atoms with E-state index in [0.29, 0.717) is 21.3 Å². The van der Waals surface area contributed by atoms with Crippen LogP contribution in [0.3, 0.4) is 0 Å². The van der Waals surface area contributed by atoms with E-state index in [1.807, 2.05) is 36.4 Å². The number of benzene rings is 6. The van der Waals surface area contributed by atoms with Crippen LogP contribution < -0.4 is 9.47 Å². The van der Waals surface area contributed by atoms with Crippen LogP contribution in [-0.4, -0.2) is 11.6 Å². The minimum Gasteiger partial charge on any atom is -0.470 e. The van der Waals surface area contributed by atoms with Crippen LogP contribution in [-0.2, 0) is 36.9 Å². The quantitative estimate of drug-likeness (QED) is 0.0225. The first-order valence-electron chi connectivity index (χ1n) is 38.7. The molecule has 0 bridgehead atoms. The monoisotopic (exact) mass is 1590 g/mol. The number of hydrogen-bond acceptors (Lipinski definition) is 14. The third-order valence-corrected chi connectivity index (χ3v) is 29.8. The molecule has 6 aromatic carbocycles. The second-order valence-electron chi connectivity index (χ2n) is 29.4. The van der Waals surface area contributed by atoms with E-state index in [1.54, 1.807) is 57.5 Å². The van der Waals surface area contributed by atoms with Gasteiger partial charge in [-0.05, 0) is 133 Å². The number of allylic oxidation sites excluding steroid dienone is 6. The number of unbranched alkanes of at least 4 members (excludes halogenated alkanes) is 12. The molecule has 0 saturated carbocycles. The minimum absolute atomic E-state index is 0.0139. The lowest BCUT2D eigenvalue weighted by molar-refractivity contribution is 0.103. The van der Waals surface area contributed by atoms with Crippen LogP contribution in [0.25, 0.3) is 71.0 Å². The van der Waals surface area contributed by atoms with Gasteiger partial charge in [-0.15, -0.1) is 68.0 Å². The van der Waals surface area contributed by atoms with E-state index in [1.165, 1.54) is 44.9 Å². The second kappa shape index (κ2) is 31.8. The molecule has 12 aromatic rings. The summed E-state index contributed by atoms with van der Waals surface area (Å²) in [6.07, 6.45) is 24.7. The highest BCUT2D eigenvalue weighted by Gasteiger charge is 2.53. The van der Waals surface area contributed by atoms with E-state index in [9.17, 15) is 30.6 Å². The van der Waals surface area contributed by atoms with Crippen molar-refractivity contribution in [3.63, 3.8) is 0 Å². The number of rotatable bonds is 26. The summed E-state index contributed by atoms with van der Waals surface area (Å²) >= 11 is 9.39. The molecule has 8 nitrogen and oxygen atoms in total. The van der Waals surface area contributed by atoms with Crippen LogP contribution in [0.15, 0.2) is 156 Å². The predicted octanol–water partition coefficient (Wildman–Crippen LogP) is 27.4. The van der Waals surface area contributed by atoms with Gasteiger partial charge in [-0.1, -0.05) is 202 Å². The number of Topliss-reactive ketones (excluding diaryl/α,β-unsaturated/α-hetero) is 2. The fraction of sp³-hybridized carbons (Fsp3) is 0.277. The van der Waals surface area contributed by atoms with Crippen molar-refractivity contribution in [3.05, 3.63) is 267 Å². The van der Waals surface area contributed by atoms with E-state index >= 15 is 17.6 Å². The zero-order valence-electron chi connectivity index (χ0n) is 62.4. The lowest BCUT2D eigenvalue weighted by Crippen LogP contribution is -2.38. The molecule has 112 heavy (non-hydrogen) atoms. The van der Waals surface area contributed by atoms with Crippen molar-refractivity contribution in [2.24, 2.45) is 0 Å². The van der Waals surface area contributed by atoms with Gasteiger partial charge in [0.2, 0.25) is 0 Å². The van der Waals surface area contributed by atoms with Crippen molar-refractivity contribution in [1.29, 1.82) is 21.0 Å². The number of carbonyl (C=O) groups is 2. The number of nitriles is 4. The Morgan fingerprint density at radius 3 is 0.946 bits per heavy atom. The number of ketones is 2. The van der Waals surface area contributed by atoms with Crippen LogP contribution in [0.1, 0.15) is 228 Å². The number of fused-ring (bicyclic) bond motifs is 15. The Hall–Kier alpha value is -10.1. The Labute approximate surface area is 672 Å². The standard InChI is InChI=1S/C94H76F4N4O4S6/c1-5-9-13-17-21-53-25-33-59(34-26-53)93(60-35-27-54(28-36-60)22-18-14-10-6-2)79-85-75(43-63(107-85)41-69-77(57(49-99)50-100)65-45-71(95)73(97)47-67(65)81(69)103)109-87(79)89-83(105-93)91-92(111-89)84-90(112-91)88-80(86-76(110-88)44-64(108-86)42-70-78(58(51-101)52-102)66-46-72(96)74(98)48-68(66)82(70)104)94(106-84,61-37-29-55(30-38-61)23-19-15-11-7-3)62-39-31-56(32-40-62)24-20-16-12-8-4/h25-48H,5-24H2,1-4H3. The lowest BCUT2D eigenvalue weighted by atomic mass is 9.78. The van der Waals surface area contributed by atoms with Gasteiger partial charge in [0.25, 0.3) is 0 Å². The number of thiophene rings is 6. The van der Waals surface area contributed by atoms with Gasteiger partial charge in [-0.2, -0.15) is 21.0 Å². The molecular formula is C94H76F4N4O4S6. The summed E-state index contributed by atoms with van der Waals surface area (Å²) in [5.41, 5.74) is 6.36. The molecule has 2 aliphatic heterocycles. The molecule has 18 heteroatoms. The van der Waals surface area contributed by atoms with Gasteiger partial charge in [0.1, 0.15) is 35.4 Å². The van der Waals surface area contributed by atoms with Crippen molar-refractivity contribution in [2.45, 2.75) is 167 Å². The highest BCUT2D eigenvalue weighted by Crippen LogP contribution is 2.69. The van der Waals surface area contributed by atoms with Crippen molar-refractivity contribution in [2.75, 3.05) is 0 Å². The average molecular weight is 1590 g/mol. The van der Waals surface area contributed by atoms with Gasteiger partial charge in [0.15, 0.2) is 57.5 Å². The van der Waals surface area contributed by atoms with Crippen molar-refractivity contribution in [3.8, 4) is 55.3 Å². The molecule has 6 aromatic heterocycles. The van der Waals surface area contributed by atoms with Crippen LogP contribution in [0, 0.1) is 68.6 Å². The minimum atomic E-state index is -1.33. The molecule has 0 fully saturated rings. The van der Waals surface area contributed by atoms with Crippen LogP contribution in [0.4, 0.5) is 17.6 Å². The summed E-state index contributed by atoms with van der Waals surface area (Å²) < 4.78 is 82.4. The van der Waals surface area contributed by atoms with E-state index in [-0.39, 0.29) is 44.5 Å². The normalized spacial score (nSPS) is 14.9. The molecule has 560 valence electrons. The summed E-state index contributed by atoms with van der Waals surface area (Å²) in [6, 6.07) is 50.7. The highest BCUT2D eigenvalue weighted by atomic mass is 32.1. The summed E-state index contributed by atoms with van der Waals surface area (Å²) in [5.74, 6) is -4.71. The molecule has 0 spiro atoms. The van der Waals surface area contributed by atoms with Crippen LogP contribution >= 0.6 is 68.0 Å². The number of halogens is 4. The number of carbonyl (C=O) groups excluding carboxylic acids is 2. The number of ether oxygens (including phenoxy) is 2. The first-order valence-corrected chi connectivity index (χ1v) is 43.6. The topological polar surface area (TPSA) is 148 Å². The number of nitrogens with zero attached hydrogens (tertiary/aromatic N) is 4. The predicted molar refractivity (Wildman–Crippen MR) is 449 cm³/mol. The molecule has 0 N–H and O–H groups in total. The van der Waals surface area contributed by atoms with Crippen molar-refractivity contribution >= 4 is 131 Å². The first kappa shape index (κ1) is 75.9. The second-order valence-corrected chi connectivity index (χ2v) is 35.7. The molecule has 16 rings (SSSR count). The van der Waals surface area contributed by atoms with Gasteiger partial charge in [0.05, 0.1) is 38.3 Å². The number of aryl methyl sites for hydroxylation is 4. The van der Waals surface area contributed by atoms with Gasteiger partial charge in [-0.3, -0.25) is 9.59 Å². The van der Waals surface area contributed by atoms with Gasteiger partial charge in [-0.25, -0.2) is 17.6 Å². The Morgan fingerprint density at radius 1 is 0.366 bits per heavy atom. The maximum absolute atomic E-state index is 15.2. The van der Waals surface area contributed by atoms with E-state index in [4.69, 9.17) is 9.47 Å². The average Bonchev–Trinajstić information content (AvgIpc) is 1.50. The maximum Gasteiger partial charge on any atom is 0.194 e. The molecule has 0 radical (unpaired) electrons. The summed E-state index contributed by atoms with van der Waals surface area (Å²) in [7, 11) is 0. The van der Waals surface area contributed by atoms with E-state index in [2.05, 4.69) is 125 Å². The largest absolute Gasteiger partial charge is 0.470 e. The summed E-state index contributed by atoms with van der Waals surface area (Å²) in [6.45, 7) is 8.86. The van der Waals surface area contributed by atoms with Gasteiger partial charge < -0.3 is 9.47 Å². The fourth-order valence-corrected chi connectivity index (χ4v) is 24.8. The van der Waals surface area contributed by atoms with Crippen molar-refractivity contribution in [1.82, 2.24) is 0 Å². The highest BCUT2D eigenvalue weighted by molar-refractivity contribution is 7.37. The molecule has 0 saturated heterocycles. The Kier molecular flexibility index (Phi) is 21.6. The molecule has 4 aliphatic rings. The number of hydrogen-bond donors (Lipinski definition) is 0. The summed E-state index contributed by atoms with van der Waals surface area (Å²) in [4.78, 5) is 34.1. The van der Waals surface area contributed by atoms with E-state index in [0.717, 1.165) is 234 Å². The first-order chi connectivity index (χ1) is 54.6. The lowest BCUT2D eigenvalue weighted by Gasteiger charge is -2.39. The molecular weight excluding hydrogens is 1520 g/mol. The molecule has 2 aliphatic carbocycles. The third kappa shape index (κ3) is 13.2. The molecule has 8 heterocycles. The van der Waals surface area contributed by atoms with Gasteiger partial charge in [0, 0.05) is 86.0 Å². The maximum atomic E-state index is 15.2. The Balaban J connectivity index is 0.936. The zero-order valence-corrected chi connectivity index (χ0v) is 67.3. The summed E-state index contributed by atoms with van der Waals surface area (Å²) in [5, 5.41) is 41.4. The zero-order chi connectivity index (χ0) is 77.7. The fourth-order valence-electron chi connectivity index (χ4n) is 16.6. The smallest absolute Gasteiger partial charge is 0.194 e. The Bertz CT molecular complexity index is 5590. The van der Waals surface area contributed by atoms with Crippen LogP contribution in [0.5, 0.6) is 11.5 Å². The SMILES string of the molecule is CCCCCCc1ccc(C2(c3ccc(CCCCCC)cc3)Oc3c(sc4c5c(sc34)-c3sc4cc(C=C6C(=O)c7cc(F)c(F)cc7C6=C(C#N)C#N)sc4c3C(c3ccc(CCCCCC)cc3)(c3ccc(CCCCCC)cc3)O5)-c3sc4cc(C=C5C(=O)c6cc(F)c(F)cc6C5=C(C#N)C#N)sc4c32)cc1. The van der Waals surface area contributed by atoms with E-state index < -0.39 is 57.2 Å². The Morgan fingerprint density at radius 2 is 0.661 bits per heavy atom. The van der Waals surface area contributed by atoms with Crippen LogP contribution in [0.2, 0.25) is 0 Å². The third-order valence-electron chi connectivity index (χ3n) is 22.2. The molecule has 0 amide bonds. The molecule has 0 atom stereocenters. The van der Waals surface area contributed by atoms with Gasteiger partial charge >= 0.3 is 0 Å².